The van der Waals surface area contributed by atoms with Gasteiger partial charge in [-0.05, 0) is 91.2 Å². The second-order valence-electron chi connectivity index (χ2n) is 11.2. The van der Waals surface area contributed by atoms with Gasteiger partial charge in [-0.2, -0.15) is 8.78 Å². The van der Waals surface area contributed by atoms with Gasteiger partial charge in [0.2, 0.25) is 0 Å². The zero-order chi connectivity index (χ0) is 25.3. The maximum Gasteiger partial charge on any atom is 0.336 e. The third kappa shape index (κ3) is 3.15. The highest BCUT2D eigenvalue weighted by Gasteiger charge is 2.71. The van der Waals surface area contributed by atoms with Gasteiger partial charge in [-0.25, -0.2) is 4.98 Å². The number of allylic oxidation sites excluding steroid dienone is 4. The van der Waals surface area contributed by atoms with Crippen molar-refractivity contribution in [2.24, 2.45) is 17.3 Å². The third-order valence-electron chi connectivity index (χ3n) is 9.69. The fourth-order valence-corrected chi connectivity index (χ4v) is 7.89. The molecule has 2 aromatic rings. The number of halogens is 2. The molecule has 1 aromatic heterocycles. The zero-order valence-corrected chi connectivity index (χ0v) is 20.4. The third-order valence-corrected chi connectivity index (χ3v) is 9.69. The van der Waals surface area contributed by atoms with Gasteiger partial charge in [0.25, 0.3) is 0 Å². The summed E-state index contributed by atoms with van der Waals surface area (Å²) in [5, 5.41) is 11.6. The van der Waals surface area contributed by atoms with Crippen LogP contribution in [-0.2, 0) is 4.79 Å². The van der Waals surface area contributed by atoms with Crippen LogP contribution in [0.4, 0.5) is 8.78 Å². The molecule has 1 N–H and O–H groups in total. The number of alkyl halides is 2. The number of ketones is 1. The molecule has 0 aliphatic heterocycles. The number of benzene rings is 1. The number of nitrogens with zero attached hydrogens (tertiary/aromatic N) is 2. The topological polar surface area (TPSA) is 55.1 Å². The van der Waals surface area contributed by atoms with E-state index in [0.29, 0.717) is 25.7 Å². The Hall–Kier alpha value is -3.04. The lowest BCUT2D eigenvalue weighted by Gasteiger charge is -2.55. The molecule has 5 atom stereocenters. The Labute approximate surface area is 210 Å². The quantitative estimate of drug-likeness (QED) is 0.558. The van der Waals surface area contributed by atoms with Gasteiger partial charge in [0, 0.05) is 35.8 Å². The Bertz CT molecular complexity index is 1320. The summed E-state index contributed by atoms with van der Waals surface area (Å²) in [6, 6.07) is 8.17. The summed E-state index contributed by atoms with van der Waals surface area (Å²) in [5.74, 6) is -1.92. The predicted molar refractivity (Wildman–Crippen MR) is 133 cm³/mol. The Morgan fingerprint density at radius 2 is 1.97 bits per heavy atom. The van der Waals surface area contributed by atoms with Crippen molar-refractivity contribution in [3.8, 4) is 18.0 Å². The van der Waals surface area contributed by atoms with Crippen LogP contribution in [0.3, 0.4) is 0 Å². The average molecular weight is 489 g/mol. The van der Waals surface area contributed by atoms with Crippen LogP contribution in [-0.4, -0.2) is 32.0 Å². The highest BCUT2D eigenvalue weighted by Crippen LogP contribution is 2.69. The maximum atomic E-state index is 15.2. The Morgan fingerprint density at radius 1 is 1.19 bits per heavy atom. The molecule has 186 valence electrons. The van der Waals surface area contributed by atoms with Crippen molar-refractivity contribution in [1.29, 1.82) is 0 Å². The summed E-state index contributed by atoms with van der Waals surface area (Å²) in [6.45, 7) is 1.83. The molecule has 1 heterocycles. The molecule has 6 rings (SSSR count). The van der Waals surface area contributed by atoms with E-state index in [1.54, 1.807) is 24.5 Å². The van der Waals surface area contributed by atoms with E-state index in [4.69, 9.17) is 6.42 Å². The van der Waals surface area contributed by atoms with Crippen molar-refractivity contribution in [2.75, 3.05) is 0 Å². The van der Waals surface area contributed by atoms with E-state index in [-0.39, 0.29) is 30.0 Å². The second kappa shape index (κ2) is 7.98. The average Bonchev–Trinajstić information content (AvgIpc) is 3.51. The van der Waals surface area contributed by atoms with Crippen molar-refractivity contribution in [1.82, 2.24) is 9.55 Å². The molecule has 0 radical (unpaired) electrons. The first-order valence-electron chi connectivity index (χ1n) is 12.8. The molecule has 3 unspecified atom stereocenters. The molecular formula is C30H30F2N2O2. The van der Waals surface area contributed by atoms with E-state index >= 15 is 8.78 Å². The van der Waals surface area contributed by atoms with Gasteiger partial charge in [0.1, 0.15) is 5.60 Å². The summed E-state index contributed by atoms with van der Waals surface area (Å²) in [6.07, 6.45) is 16.1. The lowest BCUT2D eigenvalue weighted by Crippen LogP contribution is -2.60. The van der Waals surface area contributed by atoms with Crippen molar-refractivity contribution in [3.63, 3.8) is 0 Å². The van der Waals surface area contributed by atoms with E-state index in [2.05, 4.69) is 17.1 Å². The van der Waals surface area contributed by atoms with Crippen molar-refractivity contribution >= 4 is 5.78 Å². The number of aliphatic hydroxyl groups is 1. The van der Waals surface area contributed by atoms with Crippen LogP contribution < -0.4 is 0 Å². The molecule has 4 aliphatic carbocycles. The fourth-order valence-electron chi connectivity index (χ4n) is 7.89. The first kappa shape index (κ1) is 23.4. The van der Waals surface area contributed by atoms with Gasteiger partial charge in [0.05, 0.1) is 6.33 Å². The SMILES string of the molecule is C#CC(F)(F)[C@]1(O)CCC2C3CCC4=CC(=O)CCC4=C3C(c3ccc(-n4ccnc4)cc3)C[C@@]21C. The number of carbonyl (C=O) groups is 1. The van der Waals surface area contributed by atoms with Gasteiger partial charge in [0.15, 0.2) is 5.78 Å². The van der Waals surface area contributed by atoms with Crippen LogP contribution >= 0.6 is 0 Å². The Balaban J connectivity index is 1.50. The van der Waals surface area contributed by atoms with E-state index in [9.17, 15) is 9.90 Å². The minimum atomic E-state index is -3.60. The van der Waals surface area contributed by atoms with Crippen molar-refractivity contribution in [2.45, 2.75) is 69.3 Å². The molecule has 0 bridgehead atoms. The van der Waals surface area contributed by atoms with Gasteiger partial charge < -0.3 is 9.67 Å². The first-order chi connectivity index (χ1) is 17.2. The summed E-state index contributed by atoms with van der Waals surface area (Å²) in [4.78, 5) is 16.3. The fraction of sp³-hybridized carbons (Fsp3) is 0.467. The normalized spacial score (nSPS) is 33.9. The molecule has 0 amide bonds. The van der Waals surface area contributed by atoms with Crippen LogP contribution in [0.5, 0.6) is 0 Å². The van der Waals surface area contributed by atoms with E-state index < -0.39 is 16.9 Å². The Kier molecular flexibility index (Phi) is 5.18. The van der Waals surface area contributed by atoms with E-state index in [1.165, 1.54) is 11.1 Å². The number of rotatable bonds is 3. The molecule has 0 spiro atoms. The van der Waals surface area contributed by atoms with Crippen LogP contribution in [0, 0.1) is 29.6 Å². The minimum absolute atomic E-state index is 0.00203. The minimum Gasteiger partial charge on any atom is -0.382 e. The smallest absolute Gasteiger partial charge is 0.336 e. The molecular weight excluding hydrogens is 458 g/mol. The zero-order valence-electron chi connectivity index (χ0n) is 20.4. The summed E-state index contributed by atoms with van der Waals surface area (Å²) in [5.41, 5.74) is 2.39. The Morgan fingerprint density at radius 3 is 2.67 bits per heavy atom. The number of aromatic nitrogens is 2. The molecule has 0 saturated heterocycles. The number of hydrogen-bond donors (Lipinski definition) is 1. The van der Waals surface area contributed by atoms with Crippen molar-refractivity contribution < 1.29 is 18.7 Å². The predicted octanol–water partition coefficient (Wildman–Crippen LogP) is 5.77. The van der Waals surface area contributed by atoms with Gasteiger partial charge in [-0.3, -0.25) is 4.79 Å². The number of hydrogen-bond acceptors (Lipinski definition) is 3. The standard InChI is InChI=1S/C30H30F2N2O2/c1-3-30(31,32)29(36)13-12-26-24-10-6-20-16-22(35)9-11-23(20)27(24)25(17-28(26,29)2)19-4-7-21(8-5-19)34-15-14-33-18-34/h1,4-5,7-8,14-16,18,24-26,36H,6,9-13,17H2,2H3/t24?,25?,26?,28-,29-/m0/s1. The molecule has 36 heavy (non-hydrogen) atoms. The molecule has 4 aliphatic rings. The van der Waals surface area contributed by atoms with Crippen LogP contribution in [0.25, 0.3) is 5.69 Å². The maximum absolute atomic E-state index is 15.2. The largest absolute Gasteiger partial charge is 0.382 e. The van der Waals surface area contributed by atoms with Gasteiger partial charge >= 0.3 is 5.92 Å². The number of terminal acetylenes is 1. The molecule has 2 fully saturated rings. The summed E-state index contributed by atoms with van der Waals surface area (Å²) in [7, 11) is 0. The number of imidazole rings is 1. The molecule has 1 aromatic carbocycles. The highest BCUT2D eigenvalue weighted by atomic mass is 19.3. The first-order valence-corrected chi connectivity index (χ1v) is 12.8. The van der Waals surface area contributed by atoms with Crippen LogP contribution in [0.2, 0.25) is 0 Å². The molecule has 2 saturated carbocycles. The lowest BCUT2D eigenvalue weighted by molar-refractivity contribution is -0.209. The van der Waals surface area contributed by atoms with E-state index in [1.807, 2.05) is 29.8 Å². The van der Waals surface area contributed by atoms with Gasteiger partial charge in [-0.1, -0.05) is 24.6 Å². The molecule has 4 nitrogen and oxygen atoms in total. The second-order valence-corrected chi connectivity index (χ2v) is 11.2. The molecule has 6 heteroatoms. The van der Waals surface area contributed by atoms with Crippen LogP contribution in [0.15, 0.2) is 65.8 Å². The van der Waals surface area contributed by atoms with Crippen LogP contribution in [0.1, 0.15) is 63.4 Å². The number of fused-ring (bicyclic) bond motifs is 4. The monoisotopic (exact) mass is 488 g/mol. The lowest BCUT2D eigenvalue weighted by atomic mass is 9.50. The van der Waals surface area contributed by atoms with Gasteiger partial charge in [-0.15, -0.1) is 6.42 Å². The summed E-state index contributed by atoms with van der Waals surface area (Å²) < 4.78 is 32.3. The number of carbonyl (C=O) groups excluding carboxylic acids is 1. The highest BCUT2D eigenvalue weighted by molar-refractivity contribution is 5.93. The summed E-state index contributed by atoms with van der Waals surface area (Å²) >= 11 is 0. The van der Waals surface area contributed by atoms with E-state index in [0.717, 1.165) is 29.7 Å². The van der Waals surface area contributed by atoms with Crippen molar-refractivity contribution in [3.05, 3.63) is 71.3 Å².